The van der Waals surface area contributed by atoms with Gasteiger partial charge in [-0.1, -0.05) is 20.8 Å². The highest BCUT2D eigenvalue weighted by Gasteiger charge is 2.32. The molecule has 13 heavy (non-hydrogen) atoms. The van der Waals surface area contributed by atoms with E-state index < -0.39 is 0 Å². The van der Waals surface area contributed by atoms with Crippen molar-refractivity contribution in [2.45, 2.75) is 33.4 Å². The van der Waals surface area contributed by atoms with Crippen molar-refractivity contribution >= 4 is 0 Å². The summed E-state index contributed by atoms with van der Waals surface area (Å²) in [5.74, 6) is 1.03. The van der Waals surface area contributed by atoms with E-state index in [1.807, 2.05) is 4.68 Å². The third-order valence-corrected chi connectivity index (χ3v) is 2.21. The molecule has 0 radical (unpaired) electrons. The molecule has 4 nitrogen and oxygen atoms in total. The molecule has 0 aliphatic carbocycles. The fraction of sp³-hybridized carbons (Fsp3) is 0.778. The third kappa shape index (κ3) is 1.46. The number of rotatable bonds is 0. The zero-order valence-corrected chi connectivity index (χ0v) is 8.32. The van der Waals surface area contributed by atoms with E-state index in [9.17, 15) is 0 Å². The van der Waals surface area contributed by atoms with E-state index in [2.05, 4.69) is 30.9 Å². The highest BCUT2D eigenvalue weighted by Crippen LogP contribution is 2.33. The Morgan fingerprint density at radius 1 is 1.54 bits per heavy atom. The summed E-state index contributed by atoms with van der Waals surface area (Å²) in [6.45, 7) is 7.19. The highest BCUT2D eigenvalue weighted by atomic mass is 16.5. The molecule has 1 aliphatic heterocycles. The largest absolute Gasteiger partial charge is 0.355 e. The Morgan fingerprint density at radius 3 is 3.00 bits per heavy atom. The first-order valence-electron chi connectivity index (χ1n) is 4.59. The zero-order valence-electron chi connectivity index (χ0n) is 8.32. The van der Waals surface area contributed by atoms with E-state index in [0.717, 1.165) is 18.9 Å². The maximum absolute atomic E-state index is 5.69. The second kappa shape index (κ2) is 2.80. The molecule has 1 aromatic rings. The first-order chi connectivity index (χ1) is 6.09. The topological polar surface area (TPSA) is 39.9 Å². The Labute approximate surface area is 77.9 Å². The summed E-state index contributed by atoms with van der Waals surface area (Å²) < 4.78 is 7.58. The lowest BCUT2D eigenvalue weighted by atomic mass is 9.93. The van der Waals surface area contributed by atoms with Gasteiger partial charge in [0.15, 0.2) is 6.23 Å². The first-order valence-corrected chi connectivity index (χ1v) is 4.59. The van der Waals surface area contributed by atoms with E-state index >= 15 is 0 Å². The second-order valence-electron chi connectivity index (χ2n) is 4.46. The molecule has 72 valence electrons. The van der Waals surface area contributed by atoms with E-state index in [4.69, 9.17) is 4.74 Å². The van der Waals surface area contributed by atoms with Crippen LogP contribution in [-0.2, 0) is 11.2 Å². The van der Waals surface area contributed by atoms with Crippen LogP contribution in [0.25, 0.3) is 0 Å². The molecule has 0 aromatic carbocycles. The molecule has 1 aliphatic rings. The molecule has 0 bridgehead atoms. The van der Waals surface area contributed by atoms with Gasteiger partial charge in [0.25, 0.3) is 0 Å². The Balaban J connectivity index is 2.35. The quantitative estimate of drug-likeness (QED) is 0.607. The fourth-order valence-corrected chi connectivity index (χ4v) is 1.60. The van der Waals surface area contributed by atoms with Crippen molar-refractivity contribution in [3.8, 4) is 0 Å². The monoisotopic (exact) mass is 181 g/mol. The summed E-state index contributed by atoms with van der Waals surface area (Å²) in [7, 11) is 0. The second-order valence-corrected chi connectivity index (χ2v) is 4.46. The predicted molar refractivity (Wildman–Crippen MR) is 48.2 cm³/mol. The number of hydrogen-bond acceptors (Lipinski definition) is 3. The lowest BCUT2D eigenvalue weighted by molar-refractivity contribution is -0.0927. The summed E-state index contributed by atoms with van der Waals surface area (Å²) in [6.07, 6.45) is 2.49. The van der Waals surface area contributed by atoms with Crippen molar-refractivity contribution in [2.24, 2.45) is 5.41 Å². The molecule has 0 saturated carbocycles. The van der Waals surface area contributed by atoms with Gasteiger partial charge in [-0.3, -0.25) is 0 Å². The van der Waals surface area contributed by atoms with Crippen LogP contribution in [-0.4, -0.2) is 21.4 Å². The van der Waals surface area contributed by atoms with Gasteiger partial charge in [-0.05, 0) is 0 Å². The highest BCUT2D eigenvalue weighted by molar-refractivity contribution is 4.91. The van der Waals surface area contributed by atoms with Gasteiger partial charge in [0.2, 0.25) is 0 Å². The predicted octanol–water partition coefficient (Wildman–Crippen LogP) is 1.40. The number of hydrogen-bond donors (Lipinski definition) is 0. The summed E-state index contributed by atoms with van der Waals surface area (Å²) in [5, 5.41) is 4.19. The average Bonchev–Trinajstić information content (AvgIpc) is 2.48. The number of fused-ring (bicyclic) bond motifs is 1. The molecule has 0 N–H and O–H groups in total. The van der Waals surface area contributed by atoms with Crippen molar-refractivity contribution in [1.29, 1.82) is 0 Å². The number of nitrogens with zero attached hydrogens (tertiary/aromatic N) is 3. The Bertz CT molecular complexity index is 300. The van der Waals surface area contributed by atoms with Gasteiger partial charge < -0.3 is 4.74 Å². The standard InChI is InChI=1S/C9H15N3O/c1-9(2,3)8-12-7(4-5-13-8)10-6-11-12/h6,8H,4-5H2,1-3H3. The van der Waals surface area contributed by atoms with Crippen LogP contribution in [0.4, 0.5) is 0 Å². The van der Waals surface area contributed by atoms with E-state index in [0.29, 0.717) is 0 Å². The van der Waals surface area contributed by atoms with E-state index in [1.54, 1.807) is 6.33 Å². The molecule has 1 atom stereocenters. The smallest absolute Gasteiger partial charge is 0.157 e. The molecule has 1 aromatic heterocycles. The Kier molecular flexibility index (Phi) is 1.87. The van der Waals surface area contributed by atoms with Gasteiger partial charge in [0.05, 0.1) is 6.61 Å². The molecule has 2 rings (SSSR count). The van der Waals surface area contributed by atoms with Crippen LogP contribution in [0.3, 0.4) is 0 Å². The molecule has 1 unspecified atom stereocenters. The molecule has 2 heterocycles. The maximum atomic E-state index is 5.69. The summed E-state index contributed by atoms with van der Waals surface area (Å²) in [5.41, 5.74) is 0.0723. The van der Waals surface area contributed by atoms with Gasteiger partial charge in [0, 0.05) is 11.8 Å². The van der Waals surface area contributed by atoms with Gasteiger partial charge in [-0.15, -0.1) is 0 Å². The minimum Gasteiger partial charge on any atom is -0.355 e. The Hall–Kier alpha value is -0.900. The Morgan fingerprint density at radius 2 is 2.31 bits per heavy atom. The van der Waals surface area contributed by atoms with Crippen molar-refractivity contribution < 1.29 is 4.74 Å². The minimum atomic E-state index is 0.0266. The van der Waals surface area contributed by atoms with Crippen molar-refractivity contribution in [2.75, 3.05) is 6.61 Å². The van der Waals surface area contributed by atoms with Crippen molar-refractivity contribution in [1.82, 2.24) is 14.8 Å². The van der Waals surface area contributed by atoms with Crippen LogP contribution in [0.2, 0.25) is 0 Å². The SMILES string of the molecule is CC(C)(C)C1OCCc2ncnn21. The van der Waals surface area contributed by atoms with Gasteiger partial charge in [-0.2, -0.15) is 5.10 Å². The third-order valence-electron chi connectivity index (χ3n) is 2.21. The first kappa shape index (κ1) is 8.69. The van der Waals surface area contributed by atoms with E-state index in [1.165, 1.54) is 0 Å². The van der Waals surface area contributed by atoms with Crippen LogP contribution in [0, 0.1) is 5.41 Å². The molecular formula is C9H15N3O. The van der Waals surface area contributed by atoms with Crippen LogP contribution in [0.5, 0.6) is 0 Å². The normalized spacial score (nSPS) is 22.8. The number of ether oxygens (including phenoxy) is 1. The summed E-state index contributed by atoms with van der Waals surface area (Å²) >= 11 is 0. The molecular weight excluding hydrogens is 166 g/mol. The van der Waals surface area contributed by atoms with Crippen LogP contribution >= 0.6 is 0 Å². The van der Waals surface area contributed by atoms with Crippen molar-refractivity contribution in [3.63, 3.8) is 0 Å². The molecule has 4 heteroatoms. The van der Waals surface area contributed by atoms with Gasteiger partial charge in [0.1, 0.15) is 12.2 Å². The molecule has 0 saturated heterocycles. The molecule has 0 amide bonds. The van der Waals surface area contributed by atoms with Crippen molar-refractivity contribution in [3.05, 3.63) is 12.2 Å². The lowest BCUT2D eigenvalue weighted by Gasteiger charge is -2.34. The van der Waals surface area contributed by atoms with Gasteiger partial charge in [-0.25, -0.2) is 9.67 Å². The van der Waals surface area contributed by atoms with Crippen LogP contribution in [0.1, 0.15) is 32.8 Å². The number of aromatic nitrogens is 3. The average molecular weight is 181 g/mol. The molecule has 0 spiro atoms. The zero-order chi connectivity index (χ0) is 9.47. The summed E-state index contributed by atoms with van der Waals surface area (Å²) in [6, 6.07) is 0. The molecule has 0 fully saturated rings. The van der Waals surface area contributed by atoms with Crippen LogP contribution in [0.15, 0.2) is 6.33 Å². The van der Waals surface area contributed by atoms with E-state index in [-0.39, 0.29) is 11.6 Å². The van der Waals surface area contributed by atoms with Gasteiger partial charge >= 0.3 is 0 Å². The fourth-order valence-electron chi connectivity index (χ4n) is 1.60. The maximum Gasteiger partial charge on any atom is 0.157 e. The summed E-state index contributed by atoms with van der Waals surface area (Å²) in [4.78, 5) is 4.19. The lowest BCUT2D eigenvalue weighted by Crippen LogP contribution is -2.33. The van der Waals surface area contributed by atoms with Crippen LogP contribution < -0.4 is 0 Å². The minimum absolute atomic E-state index is 0.0266.